The zero-order valence-corrected chi connectivity index (χ0v) is 11.9. The van der Waals surface area contributed by atoms with E-state index in [1.54, 1.807) is 6.07 Å². The lowest BCUT2D eigenvalue weighted by molar-refractivity contribution is 0.335. The van der Waals surface area contributed by atoms with Crippen LogP contribution in [0.25, 0.3) is 0 Å². The highest BCUT2D eigenvalue weighted by Crippen LogP contribution is 2.34. The maximum atomic E-state index is 6.11. The summed E-state index contributed by atoms with van der Waals surface area (Å²) < 4.78 is 5.55. The average Bonchev–Trinajstić information content (AvgIpc) is 2.23. The van der Waals surface area contributed by atoms with Gasteiger partial charge < -0.3 is 4.74 Å². The first kappa shape index (κ1) is 14.0. The van der Waals surface area contributed by atoms with Gasteiger partial charge in [0.25, 0.3) is 0 Å². The zero-order valence-electron chi connectivity index (χ0n) is 9.46. The van der Waals surface area contributed by atoms with Crippen molar-refractivity contribution in [3.05, 3.63) is 27.7 Å². The molecular formula is C12H16Cl2OS. The summed E-state index contributed by atoms with van der Waals surface area (Å²) in [7, 11) is 0. The van der Waals surface area contributed by atoms with Crippen molar-refractivity contribution in [3.8, 4) is 5.75 Å². The topological polar surface area (TPSA) is 9.23 Å². The number of thiol groups is 1. The number of hydrogen-bond donors (Lipinski definition) is 1. The molecule has 1 nitrogen and oxygen atoms in total. The van der Waals surface area contributed by atoms with Crippen LogP contribution in [0.15, 0.2) is 12.1 Å². The van der Waals surface area contributed by atoms with E-state index in [0.29, 0.717) is 22.6 Å². The van der Waals surface area contributed by atoms with Gasteiger partial charge in [0.1, 0.15) is 5.75 Å². The Labute approximate surface area is 112 Å². The number of benzene rings is 1. The third-order valence-electron chi connectivity index (χ3n) is 2.25. The predicted molar refractivity (Wildman–Crippen MR) is 74.4 cm³/mol. The molecule has 0 aliphatic carbocycles. The van der Waals surface area contributed by atoms with Crippen LogP contribution in [0, 0.1) is 5.92 Å². The molecule has 0 amide bonds. The molecule has 0 heterocycles. The SMILES string of the molecule is CCOc1c(Cl)cc(Cl)cc1CC(C)CS. The average molecular weight is 279 g/mol. The molecule has 0 bridgehead atoms. The second kappa shape index (κ2) is 6.63. The highest BCUT2D eigenvalue weighted by atomic mass is 35.5. The Balaban J connectivity index is 3.03. The first-order valence-electron chi connectivity index (χ1n) is 5.30. The molecule has 16 heavy (non-hydrogen) atoms. The van der Waals surface area contributed by atoms with E-state index in [4.69, 9.17) is 27.9 Å². The van der Waals surface area contributed by atoms with Crippen molar-refractivity contribution in [2.24, 2.45) is 5.92 Å². The van der Waals surface area contributed by atoms with Gasteiger partial charge in [0, 0.05) is 5.02 Å². The van der Waals surface area contributed by atoms with Crippen LogP contribution >= 0.6 is 35.8 Å². The van der Waals surface area contributed by atoms with Crippen molar-refractivity contribution in [2.45, 2.75) is 20.3 Å². The molecule has 0 spiro atoms. The second-order valence-corrected chi connectivity index (χ2v) is 5.01. The van der Waals surface area contributed by atoms with Crippen LogP contribution in [-0.4, -0.2) is 12.4 Å². The zero-order chi connectivity index (χ0) is 12.1. The largest absolute Gasteiger partial charge is 0.492 e. The predicted octanol–water partition coefficient (Wildman–Crippen LogP) is 4.50. The minimum absolute atomic E-state index is 0.470. The van der Waals surface area contributed by atoms with Crippen LogP contribution in [0.1, 0.15) is 19.4 Å². The molecule has 1 aromatic carbocycles. The fourth-order valence-electron chi connectivity index (χ4n) is 1.51. The minimum Gasteiger partial charge on any atom is -0.492 e. The summed E-state index contributed by atoms with van der Waals surface area (Å²) >= 11 is 16.4. The molecule has 4 heteroatoms. The van der Waals surface area contributed by atoms with Gasteiger partial charge in [-0.25, -0.2) is 0 Å². The summed E-state index contributed by atoms with van der Waals surface area (Å²) in [6.45, 7) is 4.68. The lowest BCUT2D eigenvalue weighted by Gasteiger charge is -2.15. The van der Waals surface area contributed by atoms with E-state index in [-0.39, 0.29) is 0 Å². The Bertz CT molecular complexity index is 355. The van der Waals surface area contributed by atoms with Gasteiger partial charge in [-0.3, -0.25) is 0 Å². The molecule has 0 aliphatic heterocycles. The quantitative estimate of drug-likeness (QED) is 0.781. The molecule has 0 aromatic heterocycles. The van der Waals surface area contributed by atoms with Crippen LogP contribution in [0.2, 0.25) is 10.0 Å². The molecule has 0 aliphatic rings. The fourth-order valence-corrected chi connectivity index (χ4v) is 2.23. The molecule has 0 saturated carbocycles. The molecule has 1 rings (SSSR count). The van der Waals surface area contributed by atoms with Gasteiger partial charge in [0.2, 0.25) is 0 Å². The summed E-state index contributed by atoms with van der Waals surface area (Å²) in [6.07, 6.45) is 0.874. The molecule has 90 valence electrons. The molecule has 1 atom stereocenters. The molecule has 1 aromatic rings. The summed E-state index contributed by atoms with van der Waals surface area (Å²) in [4.78, 5) is 0. The van der Waals surface area contributed by atoms with Crippen molar-refractivity contribution in [1.29, 1.82) is 0 Å². The summed E-state index contributed by atoms with van der Waals surface area (Å²) in [5, 5.41) is 1.23. The Morgan fingerprint density at radius 2 is 2.06 bits per heavy atom. The lowest BCUT2D eigenvalue weighted by Crippen LogP contribution is -2.04. The first-order valence-corrected chi connectivity index (χ1v) is 6.68. The van der Waals surface area contributed by atoms with Gasteiger partial charge in [-0.1, -0.05) is 30.1 Å². The molecule has 1 unspecified atom stereocenters. The van der Waals surface area contributed by atoms with Gasteiger partial charge >= 0.3 is 0 Å². The van der Waals surface area contributed by atoms with Crippen molar-refractivity contribution in [2.75, 3.05) is 12.4 Å². The van der Waals surface area contributed by atoms with E-state index < -0.39 is 0 Å². The lowest BCUT2D eigenvalue weighted by atomic mass is 10.0. The van der Waals surface area contributed by atoms with Crippen LogP contribution < -0.4 is 4.74 Å². The number of rotatable bonds is 5. The van der Waals surface area contributed by atoms with Crippen molar-refractivity contribution >= 4 is 35.8 Å². The smallest absolute Gasteiger partial charge is 0.141 e. The van der Waals surface area contributed by atoms with Gasteiger partial charge in [-0.05, 0) is 42.7 Å². The van der Waals surface area contributed by atoms with E-state index in [2.05, 4.69) is 19.6 Å². The standard InChI is InChI=1S/C12H16Cl2OS/c1-3-15-12-9(4-8(2)7-16)5-10(13)6-11(12)14/h5-6,8,16H,3-4,7H2,1-2H3. The van der Waals surface area contributed by atoms with Gasteiger partial charge in [0.05, 0.1) is 11.6 Å². The highest BCUT2D eigenvalue weighted by Gasteiger charge is 2.12. The van der Waals surface area contributed by atoms with E-state index in [0.717, 1.165) is 23.5 Å². The first-order chi connectivity index (χ1) is 7.58. The molecule has 0 N–H and O–H groups in total. The van der Waals surface area contributed by atoms with E-state index in [9.17, 15) is 0 Å². The van der Waals surface area contributed by atoms with Crippen LogP contribution in [0.4, 0.5) is 0 Å². The van der Waals surface area contributed by atoms with Crippen molar-refractivity contribution < 1.29 is 4.74 Å². The molecular weight excluding hydrogens is 263 g/mol. The van der Waals surface area contributed by atoms with Crippen molar-refractivity contribution in [1.82, 2.24) is 0 Å². The van der Waals surface area contributed by atoms with Crippen molar-refractivity contribution in [3.63, 3.8) is 0 Å². The summed E-state index contributed by atoms with van der Waals surface area (Å²) in [6, 6.07) is 3.63. The second-order valence-electron chi connectivity index (χ2n) is 3.80. The maximum absolute atomic E-state index is 6.11. The van der Waals surface area contributed by atoms with Crippen LogP contribution in [-0.2, 0) is 6.42 Å². The Morgan fingerprint density at radius 1 is 1.38 bits per heavy atom. The molecule has 0 saturated heterocycles. The highest BCUT2D eigenvalue weighted by molar-refractivity contribution is 7.80. The Kier molecular flexibility index (Phi) is 5.81. The normalized spacial score (nSPS) is 12.6. The molecule has 0 radical (unpaired) electrons. The van der Waals surface area contributed by atoms with Crippen LogP contribution in [0.3, 0.4) is 0 Å². The van der Waals surface area contributed by atoms with E-state index in [1.165, 1.54) is 0 Å². The van der Waals surface area contributed by atoms with E-state index in [1.807, 2.05) is 13.0 Å². The number of ether oxygens (including phenoxy) is 1. The number of hydrogen-bond acceptors (Lipinski definition) is 2. The Hall–Kier alpha value is -0.0500. The van der Waals surface area contributed by atoms with Crippen LogP contribution in [0.5, 0.6) is 5.75 Å². The molecule has 0 fully saturated rings. The number of halogens is 2. The fraction of sp³-hybridized carbons (Fsp3) is 0.500. The summed E-state index contributed by atoms with van der Waals surface area (Å²) in [5.74, 6) is 2.05. The van der Waals surface area contributed by atoms with Gasteiger partial charge in [0.15, 0.2) is 0 Å². The minimum atomic E-state index is 0.470. The summed E-state index contributed by atoms with van der Waals surface area (Å²) in [5.41, 5.74) is 1.06. The Morgan fingerprint density at radius 3 is 2.62 bits per heavy atom. The van der Waals surface area contributed by atoms with Gasteiger partial charge in [-0.15, -0.1) is 0 Å². The van der Waals surface area contributed by atoms with Gasteiger partial charge in [-0.2, -0.15) is 12.6 Å². The maximum Gasteiger partial charge on any atom is 0.141 e. The van der Waals surface area contributed by atoms with E-state index >= 15 is 0 Å². The monoisotopic (exact) mass is 278 g/mol. The third kappa shape index (κ3) is 3.76. The third-order valence-corrected chi connectivity index (χ3v) is 3.38.